The summed E-state index contributed by atoms with van der Waals surface area (Å²) in [5, 5.41) is 13.0. The Morgan fingerprint density at radius 1 is 1.23 bits per heavy atom. The van der Waals surface area contributed by atoms with Crippen LogP contribution in [0, 0.1) is 25.2 Å². The fourth-order valence-electron chi connectivity index (χ4n) is 3.59. The molecular formula is C21H23N3O2. The number of hydrogen-bond donors (Lipinski definition) is 1. The Labute approximate surface area is 154 Å². The van der Waals surface area contributed by atoms with E-state index in [1.54, 1.807) is 0 Å². The van der Waals surface area contributed by atoms with Gasteiger partial charge in [0.25, 0.3) is 0 Å². The fraction of sp³-hybridized carbons (Fsp3) is 0.333. The summed E-state index contributed by atoms with van der Waals surface area (Å²) in [6, 6.07) is 14.0. The Hall–Kier alpha value is -2.84. The van der Waals surface area contributed by atoms with E-state index in [-0.39, 0.29) is 12.0 Å². The Bertz CT molecular complexity index is 864. The third kappa shape index (κ3) is 3.29. The van der Waals surface area contributed by atoms with E-state index >= 15 is 0 Å². The molecular weight excluding hydrogens is 326 g/mol. The average molecular weight is 349 g/mol. The summed E-state index contributed by atoms with van der Waals surface area (Å²) >= 11 is 0. The van der Waals surface area contributed by atoms with Crippen LogP contribution in [0.15, 0.2) is 36.4 Å². The number of carbonyl (C=O) groups is 1. The van der Waals surface area contributed by atoms with Gasteiger partial charge in [-0.1, -0.05) is 18.2 Å². The first-order valence-corrected chi connectivity index (χ1v) is 8.75. The molecule has 2 aromatic rings. The van der Waals surface area contributed by atoms with Crippen molar-refractivity contribution >= 4 is 17.3 Å². The highest BCUT2D eigenvalue weighted by atomic mass is 16.5. The number of hydrogen-bond acceptors (Lipinski definition) is 5. The highest BCUT2D eigenvalue weighted by molar-refractivity contribution is 5.93. The van der Waals surface area contributed by atoms with Crippen molar-refractivity contribution in [1.82, 2.24) is 5.32 Å². The topological polar surface area (TPSA) is 65.4 Å². The lowest BCUT2D eigenvalue weighted by Crippen LogP contribution is -2.34. The number of anilines is 2. The van der Waals surface area contributed by atoms with Crippen LogP contribution < -0.4 is 10.2 Å². The van der Waals surface area contributed by atoms with E-state index in [1.165, 1.54) is 7.11 Å². The predicted octanol–water partition coefficient (Wildman–Crippen LogP) is 3.46. The minimum Gasteiger partial charge on any atom is -0.465 e. The van der Waals surface area contributed by atoms with Crippen molar-refractivity contribution in [2.45, 2.75) is 26.3 Å². The van der Waals surface area contributed by atoms with Gasteiger partial charge in [0.1, 0.15) is 6.07 Å². The molecule has 0 radical (unpaired) electrons. The van der Waals surface area contributed by atoms with E-state index in [0.717, 1.165) is 42.0 Å². The molecule has 0 aromatic heterocycles. The Morgan fingerprint density at radius 2 is 2.00 bits per heavy atom. The molecule has 0 aliphatic carbocycles. The summed E-state index contributed by atoms with van der Waals surface area (Å²) < 4.78 is 4.95. The summed E-state index contributed by atoms with van der Waals surface area (Å²) in [5.41, 5.74) is 4.93. The zero-order chi connectivity index (χ0) is 18.7. The van der Waals surface area contributed by atoms with E-state index in [0.29, 0.717) is 11.1 Å². The van der Waals surface area contributed by atoms with Crippen LogP contribution in [-0.4, -0.2) is 32.2 Å². The molecule has 134 valence electrons. The van der Waals surface area contributed by atoms with Crippen LogP contribution in [0.1, 0.15) is 33.5 Å². The van der Waals surface area contributed by atoms with Crippen LogP contribution in [0.3, 0.4) is 0 Å². The Balaban J connectivity index is 2.20. The molecule has 0 amide bonds. The van der Waals surface area contributed by atoms with Crippen LogP contribution in [0.5, 0.6) is 0 Å². The number of para-hydroxylation sites is 1. The number of rotatable bonds is 4. The second-order valence-corrected chi connectivity index (χ2v) is 6.59. The molecule has 0 unspecified atom stereocenters. The van der Waals surface area contributed by atoms with Crippen molar-refractivity contribution < 1.29 is 9.53 Å². The molecule has 3 rings (SSSR count). The number of carbonyl (C=O) groups excluding carboxylic acids is 1. The molecule has 26 heavy (non-hydrogen) atoms. The molecule has 1 heterocycles. The van der Waals surface area contributed by atoms with Gasteiger partial charge in [0.15, 0.2) is 0 Å². The quantitative estimate of drug-likeness (QED) is 0.856. The van der Waals surface area contributed by atoms with Gasteiger partial charge in [-0.05, 0) is 56.1 Å². The van der Waals surface area contributed by atoms with E-state index < -0.39 is 0 Å². The molecule has 1 atom stereocenters. The van der Waals surface area contributed by atoms with E-state index in [4.69, 9.17) is 4.74 Å². The lowest BCUT2D eigenvalue weighted by molar-refractivity contribution is 0.0600. The molecule has 0 bridgehead atoms. The van der Waals surface area contributed by atoms with Crippen LogP contribution in [0.2, 0.25) is 0 Å². The first-order chi connectivity index (χ1) is 12.6. The molecule has 1 fully saturated rings. The summed E-state index contributed by atoms with van der Waals surface area (Å²) in [7, 11) is 1.39. The van der Waals surface area contributed by atoms with Gasteiger partial charge < -0.3 is 15.0 Å². The SMILES string of the molecule is COC(=O)c1cc(N(c2ccccc2C#N)[C@H]2CCNC2)c(C)cc1C. The standard InChI is InChI=1S/C21H23N3O2/c1-14-10-15(2)20(11-18(14)21(25)26-3)24(17-8-9-23-13-17)19-7-5-4-6-16(19)12-22/h4-7,10-11,17,23H,8-9,13H2,1-3H3/t17-/m0/s1. The molecule has 1 aliphatic heterocycles. The minimum absolute atomic E-state index is 0.219. The molecule has 0 saturated carbocycles. The molecule has 2 aromatic carbocycles. The van der Waals surface area contributed by atoms with Crippen molar-refractivity contribution in [3.05, 3.63) is 58.7 Å². The monoisotopic (exact) mass is 349 g/mol. The van der Waals surface area contributed by atoms with Crippen LogP contribution in [-0.2, 0) is 4.74 Å². The van der Waals surface area contributed by atoms with E-state index in [9.17, 15) is 10.1 Å². The summed E-state index contributed by atoms with van der Waals surface area (Å²) in [4.78, 5) is 14.4. The Morgan fingerprint density at radius 3 is 2.65 bits per heavy atom. The molecule has 5 nitrogen and oxygen atoms in total. The van der Waals surface area contributed by atoms with E-state index in [1.807, 2.05) is 50.2 Å². The van der Waals surface area contributed by atoms with Gasteiger partial charge in [0.05, 0.1) is 23.9 Å². The van der Waals surface area contributed by atoms with Gasteiger partial charge in [-0.15, -0.1) is 0 Å². The third-order valence-electron chi connectivity index (χ3n) is 4.89. The second kappa shape index (κ2) is 7.59. The van der Waals surface area contributed by atoms with Gasteiger partial charge in [-0.2, -0.15) is 5.26 Å². The van der Waals surface area contributed by atoms with Crippen LogP contribution in [0.25, 0.3) is 0 Å². The van der Waals surface area contributed by atoms with Crippen molar-refractivity contribution in [3.63, 3.8) is 0 Å². The Kier molecular flexibility index (Phi) is 5.24. The number of nitrogens with zero attached hydrogens (tertiary/aromatic N) is 2. The highest BCUT2D eigenvalue weighted by Gasteiger charge is 2.28. The molecule has 1 saturated heterocycles. The number of ether oxygens (including phenoxy) is 1. The predicted molar refractivity (Wildman–Crippen MR) is 102 cm³/mol. The number of aryl methyl sites for hydroxylation is 2. The van der Waals surface area contributed by atoms with E-state index in [2.05, 4.69) is 16.3 Å². The lowest BCUT2D eigenvalue weighted by Gasteiger charge is -2.33. The number of nitriles is 1. The maximum absolute atomic E-state index is 12.2. The number of methoxy groups -OCH3 is 1. The van der Waals surface area contributed by atoms with Gasteiger partial charge in [-0.25, -0.2) is 4.79 Å². The zero-order valence-corrected chi connectivity index (χ0v) is 15.4. The van der Waals surface area contributed by atoms with Crippen molar-refractivity contribution in [3.8, 4) is 6.07 Å². The third-order valence-corrected chi connectivity index (χ3v) is 4.89. The maximum Gasteiger partial charge on any atom is 0.338 e. The number of benzene rings is 2. The molecule has 1 aliphatic rings. The molecule has 5 heteroatoms. The second-order valence-electron chi connectivity index (χ2n) is 6.59. The first kappa shape index (κ1) is 18.0. The molecule has 1 N–H and O–H groups in total. The average Bonchev–Trinajstić information content (AvgIpc) is 3.17. The zero-order valence-electron chi connectivity index (χ0n) is 15.4. The normalized spacial score (nSPS) is 16.2. The van der Waals surface area contributed by atoms with Crippen molar-refractivity contribution in [2.75, 3.05) is 25.1 Å². The maximum atomic E-state index is 12.2. The smallest absolute Gasteiger partial charge is 0.338 e. The van der Waals surface area contributed by atoms with Crippen LogP contribution in [0.4, 0.5) is 11.4 Å². The lowest BCUT2D eigenvalue weighted by atomic mass is 10.00. The van der Waals surface area contributed by atoms with Gasteiger partial charge in [0, 0.05) is 18.3 Å². The van der Waals surface area contributed by atoms with Gasteiger partial charge in [0.2, 0.25) is 0 Å². The van der Waals surface area contributed by atoms with Crippen molar-refractivity contribution in [2.24, 2.45) is 0 Å². The van der Waals surface area contributed by atoms with Gasteiger partial charge >= 0.3 is 5.97 Å². The summed E-state index contributed by atoms with van der Waals surface area (Å²) in [5.74, 6) is -0.346. The number of nitrogens with one attached hydrogen (secondary N) is 1. The largest absolute Gasteiger partial charge is 0.465 e. The fourth-order valence-corrected chi connectivity index (χ4v) is 3.59. The minimum atomic E-state index is -0.346. The first-order valence-electron chi connectivity index (χ1n) is 8.75. The van der Waals surface area contributed by atoms with Crippen LogP contribution >= 0.6 is 0 Å². The summed E-state index contributed by atoms with van der Waals surface area (Å²) in [6.07, 6.45) is 0.973. The summed E-state index contributed by atoms with van der Waals surface area (Å²) in [6.45, 7) is 5.72. The van der Waals surface area contributed by atoms with Gasteiger partial charge in [-0.3, -0.25) is 0 Å². The highest BCUT2D eigenvalue weighted by Crippen LogP contribution is 2.36. The molecule has 0 spiro atoms. The van der Waals surface area contributed by atoms with Crippen molar-refractivity contribution in [1.29, 1.82) is 5.26 Å². The number of esters is 1.